The minimum Gasteiger partial charge on any atom is -0.211 e. The van der Waals surface area contributed by atoms with Gasteiger partial charge >= 0.3 is 0 Å². The number of aromatic nitrogens is 3. The zero-order valence-corrected chi connectivity index (χ0v) is 16.0. The molecular formula is C18H14F2N4O2S2. The Bertz CT molecular complexity index is 1250. The minimum absolute atomic E-state index is 0.0968. The van der Waals surface area contributed by atoms with Crippen molar-refractivity contribution < 1.29 is 17.2 Å². The third kappa shape index (κ3) is 3.66. The second kappa shape index (κ2) is 7.38. The maximum Gasteiger partial charge on any atom is 0.240 e. The van der Waals surface area contributed by atoms with Crippen LogP contribution in [0.5, 0.6) is 0 Å². The normalized spacial score (nSPS) is 11.9. The maximum atomic E-state index is 13.9. The zero-order valence-electron chi connectivity index (χ0n) is 14.3. The SMILES string of the molecule is O=S(=O)(NCCc1csc2nc(-c3ccccc3F)nn12)c1cccc(F)c1. The van der Waals surface area contributed by atoms with Gasteiger partial charge in [-0.05, 0) is 30.3 Å². The standard InChI is InChI=1S/C18H14F2N4O2S2/c19-12-4-3-5-14(10-12)28(25,26)21-9-8-13-11-27-18-22-17(23-24(13)18)15-6-1-2-7-16(15)20/h1-7,10-11,21H,8-9H2. The van der Waals surface area contributed by atoms with Crippen molar-refractivity contribution in [3.05, 3.63) is 71.2 Å². The smallest absolute Gasteiger partial charge is 0.211 e. The van der Waals surface area contributed by atoms with E-state index in [0.717, 1.165) is 11.8 Å². The Hall–Kier alpha value is -2.69. The number of nitrogens with one attached hydrogen (secondary N) is 1. The van der Waals surface area contributed by atoms with Crippen molar-refractivity contribution in [2.45, 2.75) is 11.3 Å². The molecule has 0 spiro atoms. The number of rotatable bonds is 6. The fraction of sp³-hybridized carbons (Fsp3) is 0.111. The molecule has 2 aromatic carbocycles. The van der Waals surface area contributed by atoms with Crippen LogP contribution in [0.25, 0.3) is 16.3 Å². The van der Waals surface area contributed by atoms with Gasteiger partial charge in [0.05, 0.1) is 16.2 Å². The van der Waals surface area contributed by atoms with E-state index in [9.17, 15) is 17.2 Å². The summed E-state index contributed by atoms with van der Waals surface area (Å²) in [5.74, 6) is -0.762. The average Bonchev–Trinajstić information content (AvgIpc) is 3.24. The summed E-state index contributed by atoms with van der Waals surface area (Å²) in [6.45, 7) is 0.0968. The highest BCUT2D eigenvalue weighted by atomic mass is 32.2. The summed E-state index contributed by atoms with van der Waals surface area (Å²) in [5, 5.41) is 6.15. The van der Waals surface area contributed by atoms with E-state index < -0.39 is 21.7 Å². The maximum absolute atomic E-state index is 13.9. The van der Waals surface area contributed by atoms with Crippen LogP contribution in [-0.2, 0) is 16.4 Å². The Kier molecular flexibility index (Phi) is 4.92. The molecule has 10 heteroatoms. The van der Waals surface area contributed by atoms with Gasteiger partial charge in [0.1, 0.15) is 11.6 Å². The number of halogens is 2. The lowest BCUT2D eigenvalue weighted by Crippen LogP contribution is -2.26. The van der Waals surface area contributed by atoms with E-state index in [0.29, 0.717) is 16.9 Å². The molecule has 0 aliphatic rings. The first kappa shape index (κ1) is 18.7. The lowest BCUT2D eigenvalue weighted by atomic mass is 10.2. The van der Waals surface area contributed by atoms with Gasteiger partial charge in [0.2, 0.25) is 15.0 Å². The molecule has 0 aliphatic heterocycles. The molecule has 0 fully saturated rings. The van der Waals surface area contributed by atoms with Gasteiger partial charge in [-0.3, -0.25) is 0 Å². The Balaban J connectivity index is 1.51. The van der Waals surface area contributed by atoms with Gasteiger partial charge in [-0.1, -0.05) is 18.2 Å². The lowest BCUT2D eigenvalue weighted by Gasteiger charge is -2.06. The number of hydrogen-bond acceptors (Lipinski definition) is 5. The molecule has 0 saturated heterocycles. The number of sulfonamides is 1. The molecule has 0 atom stereocenters. The minimum atomic E-state index is -3.81. The van der Waals surface area contributed by atoms with Crippen molar-refractivity contribution in [2.75, 3.05) is 6.54 Å². The Morgan fingerprint density at radius 1 is 1.11 bits per heavy atom. The Morgan fingerprint density at radius 3 is 2.71 bits per heavy atom. The fourth-order valence-corrected chi connectivity index (χ4v) is 4.60. The summed E-state index contributed by atoms with van der Waals surface area (Å²) in [4.78, 5) is 4.78. The quantitative estimate of drug-likeness (QED) is 0.520. The van der Waals surface area contributed by atoms with E-state index in [2.05, 4.69) is 14.8 Å². The monoisotopic (exact) mass is 420 g/mol. The summed E-state index contributed by atoms with van der Waals surface area (Å²) in [6, 6.07) is 11.0. The molecule has 6 nitrogen and oxygen atoms in total. The first-order valence-corrected chi connectivity index (χ1v) is 10.6. The third-order valence-electron chi connectivity index (χ3n) is 4.04. The fourth-order valence-electron chi connectivity index (χ4n) is 2.68. The molecule has 0 bridgehead atoms. The highest BCUT2D eigenvalue weighted by Crippen LogP contribution is 2.23. The number of hydrogen-bond donors (Lipinski definition) is 1. The van der Waals surface area contributed by atoms with E-state index in [4.69, 9.17) is 0 Å². The predicted molar refractivity (Wildman–Crippen MR) is 102 cm³/mol. The summed E-state index contributed by atoms with van der Waals surface area (Å²) in [6.07, 6.45) is 0.342. The van der Waals surface area contributed by atoms with Gasteiger partial charge in [0.25, 0.3) is 0 Å². The second-order valence-electron chi connectivity index (χ2n) is 5.94. The molecular weight excluding hydrogens is 406 g/mol. The Labute approximate surface area is 163 Å². The largest absolute Gasteiger partial charge is 0.240 e. The van der Waals surface area contributed by atoms with Gasteiger partial charge in [-0.25, -0.2) is 26.4 Å². The van der Waals surface area contributed by atoms with Gasteiger partial charge in [0, 0.05) is 18.3 Å². The highest BCUT2D eigenvalue weighted by molar-refractivity contribution is 7.89. The second-order valence-corrected chi connectivity index (χ2v) is 8.55. The van der Waals surface area contributed by atoms with Crippen LogP contribution < -0.4 is 4.72 Å². The topological polar surface area (TPSA) is 76.4 Å². The molecule has 2 aromatic heterocycles. The van der Waals surface area contributed by atoms with Crippen LogP contribution in [0.4, 0.5) is 8.78 Å². The van der Waals surface area contributed by atoms with Crippen molar-refractivity contribution in [3.63, 3.8) is 0 Å². The van der Waals surface area contributed by atoms with E-state index >= 15 is 0 Å². The molecule has 28 heavy (non-hydrogen) atoms. The van der Waals surface area contributed by atoms with Crippen LogP contribution in [0.2, 0.25) is 0 Å². The van der Waals surface area contributed by atoms with E-state index in [1.807, 2.05) is 5.38 Å². The molecule has 0 unspecified atom stereocenters. The van der Waals surface area contributed by atoms with Crippen LogP contribution in [0.3, 0.4) is 0 Å². The first-order chi connectivity index (χ1) is 13.4. The van der Waals surface area contributed by atoms with Crippen LogP contribution in [-0.4, -0.2) is 29.6 Å². The molecule has 4 aromatic rings. The average molecular weight is 420 g/mol. The summed E-state index contributed by atoms with van der Waals surface area (Å²) in [7, 11) is -3.81. The van der Waals surface area contributed by atoms with Crippen molar-refractivity contribution in [1.29, 1.82) is 0 Å². The number of benzene rings is 2. The third-order valence-corrected chi connectivity index (χ3v) is 6.37. The van der Waals surface area contributed by atoms with Crippen LogP contribution >= 0.6 is 11.3 Å². The van der Waals surface area contributed by atoms with Crippen LogP contribution in [0, 0.1) is 11.6 Å². The zero-order chi connectivity index (χ0) is 19.7. The molecule has 2 heterocycles. The molecule has 0 saturated carbocycles. The van der Waals surface area contributed by atoms with Gasteiger partial charge in [-0.2, -0.15) is 4.98 Å². The van der Waals surface area contributed by atoms with Crippen molar-refractivity contribution in [2.24, 2.45) is 0 Å². The van der Waals surface area contributed by atoms with E-state index in [1.54, 1.807) is 22.7 Å². The van der Waals surface area contributed by atoms with E-state index in [1.165, 1.54) is 35.6 Å². The Morgan fingerprint density at radius 2 is 1.93 bits per heavy atom. The molecule has 0 aliphatic carbocycles. The summed E-state index contributed by atoms with van der Waals surface area (Å²) < 4.78 is 55.7. The molecule has 0 amide bonds. The van der Waals surface area contributed by atoms with Crippen LogP contribution in [0.15, 0.2) is 58.8 Å². The number of fused-ring (bicyclic) bond motifs is 1. The molecule has 144 valence electrons. The highest BCUT2D eigenvalue weighted by Gasteiger charge is 2.16. The van der Waals surface area contributed by atoms with Crippen molar-refractivity contribution >= 4 is 26.3 Å². The van der Waals surface area contributed by atoms with Crippen molar-refractivity contribution in [3.8, 4) is 11.4 Å². The first-order valence-electron chi connectivity index (χ1n) is 8.27. The van der Waals surface area contributed by atoms with Gasteiger partial charge in [0.15, 0.2) is 5.82 Å². The number of nitrogens with zero attached hydrogens (tertiary/aromatic N) is 3. The summed E-state index contributed by atoms with van der Waals surface area (Å²) in [5.41, 5.74) is 1.04. The van der Waals surface area contributed by atoms with E-state index in [-0.39, 0.29) is 17.3 Å². The summed E-state index contributed by atoms with van der Waals surface area (Å²) >= 11 is 1.33. The van der Waals surface area contributed by atoms with Crippen molar-refractivity contribution in [1.82, 2.24) is 19.3 Å². The molecule has 4 rings (SSSR count). The molecule has 1 N–H and O–H groups in total. The number of thiazole rings is 1. The molecule has 0 radical (unpaired) electrons. The predicted octanol–water partition coefficient (Wildman–Crippen LogP) is 3.26. The van der Waals surface area contributed by atoms with Gasteiger partial charge < -0.3 is 0 Å². The van der Waals surface area contributed by atoms with Gasteiger partial charge in [-0.15, -0.1) is 16.4 Å². The lowest BCUT2D eigenvalue weighted by molar-refractivity contribution is 0.577. The van der Waals surface area contributed by atoms with Crippen LogP contribution in [0.1, 0.15) is 5.69 Å².